The summed E-state index contributed by atoms with van der Waals surface area (Å²) in [5.41, 5.74) is 0.108. The monoisotopic (exact) mass is 154 g/mol. The summed E-state index contributed by atoms with van der Waals surface area (Å²) in [6.45, 7) is 5.91. The molecule has 0 N–H and O–H groups in total. The lowest BCUT2D eigenvalue weighted by Gasteiger charge is -2.10. The Kier molecular flexibility index (Phi) is 4.81. The van der Waals surface area contributed by atoms with E-state index in [0.717, 1.165) is 0 Å². The van der Waals surface area contributed by atoms with Gasteiger partial charge in [0, 0.05) is 0 Å². The van der Waals surface area contributed by atoms with Gasteiger partial charge in [-0.2, -0.15) is 0 Å². The van der Waals surface area contributed by atoms with E-state index in [-0.39, 0.29) is 11.5 Å². The molecule has 0 aromatic rings. The third-order valence-corrected chi connectivity index (χ3v) is 1.70. The largest absolute Gasteiger partial charge is 0.364 e. The van der Waals surface area contributed by atoms with E-state index in [1.807, 2.05) is 20.8 Å². The quantitative estimate of drug-likeness (QED) is 0.578. The van der Waals surface area contributed by atoms with Crippen LogP contribution in [0.5, 0.6) is 0 Å². The van der Waals surface area contributed by atoms with Gasteiger partial charge in [-0.15, -0.1) is 0 Å². The van der Waals surface area contributed by atoms with Crippen molar-refractivity contribution in [3.05, 3.63) is 0 Å². The SMILES string of the molecule is CC(C)OC(C)SCl. The molecule has 0 heterocycles. The highest BCUT2D eigenvalue weighted by Crippen LogP contribution is 2.16. The second-order valence-corrected chi connectivity index (χ2v) is 3.22. The molecule has 0 aliphatic carbocycles. The number of hydrogen-bond donors (Lipinski definition) is 0. The first-order valence-corrected chi connectivity index (χ1v) is 4.30. The lowest BCUT2D eigenvalue weighted by molar-refractivity contribution is 0.0698. The second kappa shape index (κ2) is 4.48. The van der Waals surface area contributed by atoms with E-state index in [1.165, 1.54) is 11.0 Å². The summed E-state index contributed by atoms with van der Waals surface area (Å²) >= 11 is 0. The van der Waals surface area contributed by atoms with Crippen LogP contribution in [0.1, 0.15) is 20.8 Å². The highest BCUT2D eigenvalue weighted by molar-refractivity contribution is 8.21. The molecule has 0 aliphatic heterocycles. The Morgan fingerprint density at radius 2 is 1.88 bits per heavy atom. The summed E-state index contributed by atoms with van der Waals surface area (Å²) in [5.74, 6) is 0. The van der Waals surface area contributed by atoms with Crippen LogP contribution in [0.25, 0.3) is 0 Å². The minimum atomic E-state index is 0.108. The van der Waals surface area contributed by atoms with Crippen LogP contribution in [0.2, 0.25) is 0 Å². The van der Waals surface area contributed by atoms with E-state index in [9.17, 15) is 0 Å². The van der Waals surface area contributed by atoms with Crippen molar-refractivity contribution in [3.8, 4) is 0 Å². The lowest BCUT2D eigenvalue weighted by Crippen LogP contribution is -2.08. The van der Waals surface area contributed by atoms with Gasteiger partial charge in [0.25, 0.3) is 0 Å². The predicted octanol–water partition coefficient (Wildman–Crippen LogP) is 2.64. The Morgan fingerprint density at radius 1 is 1.38 bits per heavy atom. The average Bonchev–Trinajstić information content (AvgIpc) is 1.65. The maximum absolute atomic E-state index is 5.39. The van der Waals surface area contributed by atoms with E-state index in [0.29, 0.717) is 0 Å². The van der Waals surface area contributed by atoms with Crippen molar-refractivity contribution in [1.29, 1.82) is 0 Å². The Bertz CT molecular complexity index is 58.4. The van der Waals surface area contributed by atoms with Gasteiger partial charge < -0.3 is 4.74 Å². The molecule has 0 aromatic heterocycles. The molecule has 0 fully saturated rings. The minimum Gasteiger partial charge on any atom is -0.364 e. The van der Waals surface area contributed by atoms with E-state index in [1.54, 1.807) is 0 Å². The van der Waals surface area contributed by atoms with Crippen LogP contribution in [0, 0.1) is 0 Å². The fourth-order valence-electron chi connectivity index (χ4n) is 0.404. The molecule has 0 bridgehead atoms. The van der Waals surface area contributed by atoms with E-state index >= 15 is 0 Å². The molecule has 50 valence electrons. The van der Waals surface area contributed by atoms with Crippen LogP contribution in [0.3, 0.4) is 0 Å². The molecule has 0 saturated heterocycles. The molecule has 1 nitrogen and oxygen atoms in total. The van der Waals surface area contributed by atoms with Gasteiger partial charge in [0.15, 0.2) is 0 Å². The molecule has 0 amide bonds. The summed E-state index contributed by atoms with van der Waals surface area (Å²) < 4.78 is 5.23. The zero-order valence-electron chi connectivity index (χ0n) is 5.35. The molecule has 3 heteroatoms. The third kappa shape index (κ3) is 4.75. The summed E-state index contributed by atoms with van der Waals surface area (Å²) in [7, 11) is 6.59. The van der Waals surface area contributed by atoms with Crippen LogP contribution in [0.4, 0.5) is 0 Å². The minimum absolute atomic E-state index is 0.108. The van der Waals surface area contributed by atoms with Crippen molar-refractivity contribution in [1.82, 2.24) is 0 Å². The molecule has 0 aliphatic rings. The normalized spacial score (nSPS) is 14.6. The van der Waals surface area contributed by atoms with Crippen molar-refractivity contribution in [2.24, 2.45) is 0 Å². The van der Waals surface area contributed by atoms with Crippen molar-refractivity contribution in [3.63, 3.8) is 0 Å². The number of hydrogen-bond acceptors (Lipinski definition) is 2. The van der Waals surface area contributed by atoms with Crippen molar-refractivity contribution in [2.75, 3.05) is 0 Å². The molecule has 0 spiro atoms. The van der Waals surface area contributed by atoms with Gasteiger partial charge in [-0.1, -0.05) is 0 Å². The fraction of sp³-hybridized carbons (Fsp3) is 1.00. The third-order valence-electron chi connectivity index (χ3n) is 0.589. The van der Waals surface area contributed by atoms with Gasteiger partial charge in [-0.05, 0) is 42.4 Å². The standard InChI is InChI=1S/C5H11ClOS/c1-4(2)7-5(3)8-6/h4-5H,1-3H3. The van der Waals surface area contributed by atoms with Crippen LogP contribution in [-0.2, 0) is 4.74 Å². The van der Waals surface area contributed by atoms with Crippen LogP contribution in [0.15, 0.2) is 0 Å². The molecule has 0 aromatic carbocycles. The molecule has 1 atom stereocenters. The molecule has 0 saturated carbocycles. The molecular weight excluding hydrogens is 144 g/mol. The fourth-order valence-corrected chi connectivity index (χ4v) is 0.794. The van der Waals surface area contributed by atoms with Crippen molar-refractivity contribution < 1.29 is 4.74 Å². The zero-order chi connectivity index (χ0) is 6.57. The molecule has 1 unspecified atom stereocenters. The molecule has 0 radical (unpaired) electrons. The first-order valence-electron chi connectivity index (χ1n) is 2.59. The van der Waals surface area contributed by atoms with Crippen LogP contribution < -0.4 is 0 Å². The second-order valence-electron chi connectivity index (χ2n) is 1.84. The highest BCUT2D eigenvalue weighted by Gasteiger charge is 2.01. The van der Waals surface area contributed by atoms with Gasteiger partial charge >= 0.3 is 0 Å². The maximum Gasteiger partial charge on any atom is 0.115 e. The number of halogens is 1. The van der Waals surface area contributed by atoms with Gasteiger partial charge in [0.1, 0.15) is 5.44 Å². The predicted molar refractivity (Wildman–Crippen MR) is 39.1 cm³/mol. The van der Waals surface area contributed by atoms with Crippen molar-refractivity contribution >= 4 is 21.7 Å². The Balaban J connectivity index is 3.10. The van der Waals surface area contributed by atoms with Gasteiger partial charge in [0.05, 0.1) is 6.10 Å². The molecular formula is C5H11ClOS. The smallest absolute Gasteiger partial charge is 0.115 e. The highest BCUT2D eigenvalue weighted by atomic mass is 35.7. The Hall–Kier alpha value is 0.600. The summed E-state index contributed by atoms with van der Waals surface area (Å²) in [6.07, 6.45) is 0.274. The number of ether oxygens (including phenoxy) is 1. The topological polar surface area (TPSA) is 9.23 Å². The van der Waals surface area contributed by atoms with Gasteiger partial charge in [-0.3, -0.25) is 0 Å². The van der Waals surface area contributed by atoms with E-state index in [4.69, 9.17) is 15.4 Å². The average molecular weight is 155 g/mol. The number of rotatable bonds is 3. The first kappa shape index (κ1) is 8.60. The summed E-state index contributed by atoms with van der Waals surface area (Å²) in [6, 6.07) is 0. The zero-order valence-corrected chi connectivity index (χ0v) is 6.92. The van der Waals surface area contributed by atoms with Gasteiger partial charge in [-0.25, -0.2) is 0 Å². The van der Waals surface area contributed by atoms with E-state index in [2.05, 4.69) is 0 Å². The summed E-state index contributed by atoms with van der Waals surface area (Å²) in [5, 5.41) is 0. The van der Waals surface area contributed by atoms with E-state index < -0.39 is 0 Å². The molecule has 8 heavy (non-hydrogen) atoms. The Labute approximate surface area is 59.2 Å². The summed E-state index contributed by atoms with van der Waals surface area (Å²) in [4.78, 5) is 0. The van der Waals surface area contributed by atoms with Crippen molar-refractivity contribution in [2.45, 2.75) is 32.3 Å². The first-order chi connectivity index (χ1) is 3.66. The maximum atomic E-state index is 5.39. The van der Waals surface area contributed by atoms with Crippen LogP contribution in [-0.4, -0.2) is 11.5 Å². The van der Waals surface area contributed by atoms with Gasteiger partial charge in [0.2, 0.25) is 0 Å². The Morgan fingerprint density at radius 3 is 2.00 bits per heavy atom. The molecule has 0 rings (SSSR count). The van der Waals surface area contributed by atoms with Crippen LogP contribution >= 0.6 is 21.7 Å². The lowest BCUT2D eigenvalue weighted by atomic mass is 10.5.